The van der Waals surface area contributed by atoms with Gasteiger partial charge in [-0.2, -0.15) is 0 Å². The zero-order valence-electron chi connectivity index (χ0n) is 20.0. The molecule has 178 valence electrons. The Hall–Kier alpha value is -2.47. The molecule has 0 aliphatic heterocycles. The summed E-state index contributed by atoms with van der Waals surface area (Å²) in [6.07, 6.45) is 4.99. The number of rotatable bonds is 11. The Labute approximate surface area is 202 Å². The van der Waals surface area contributed by atoms with Gasteiger partial charge in [0, 0.05) is 18.3 Å². The molecule has 1 atom stereocenters. The van der Waals surface area contributed by atoms with Crippen LogP contribution in [-0.4, -0.2) is 41.7 Å². The first kappa shape index (κ1) is 25.2. The van der Waals surface area contributed by atoms with Crippen molar-refractivity contribution in [1.82, 2.24) is 10.2 Å². The minimum absolute atomic E-state index is 0.00318. The molecule has 1 saturated carbocycles. The van der Waals surface area contributed by atoms with E-state index in [9.17, 15) is 9.59 Å². The van der Waals surface area contributed by atoms with Crippen LogP contribution in [0.25, 0.3) is 0 Å². The third kappa shape index (κ3) is 7.53. The second-order valence-electron chi connectivity index (χ2n) is 8.77. The molecule has 2 aromatic carbocycles. The topological polar surface area (TPSA) is 58.6 Å². The fourth-order valence-electron chi connectivity index (χ4n) is 4.36. The van der Waals surface area contributed by atoms with Crippen molar-refractivity contribution >= 4 is 23.6 Å². The monoisotopic (exact) mass is 468 g/mol. The van der Waals surface area contributed by atoms with Gasteiger partial charge in [0.1, 0.15) is 11.8 Å². The summed E-state index contributed by atoms with van der Waals surface area (Å²) < 4.78 is 5.21. The Balaban J connectivity index is 1.68. The first-order chi connectivity index (χ1) is 16.0. The lowest BCUT2D eigenvalue weighted by atomic mass is 10.1. The van der Waals surface area contributed by atoms with Crippen molar-refractivity contribution in [2.45, 2.75) is 70.3 Å². The molecule has 1 aliphatic rings. The lowest BCUT2D eigenvalue weighted by Gasteiger charge is -2.31. The molecule has 3 rings (SSSR count). The second kappa shape index (κ2) is 12.7. The van der Waals surface area contributed by atoms with E-state index in [0.29, 0.717) is 18.7 Å². The molecule has 1 fully saturated rings. The van der Waals surface area contributed by atoms with E-state index in [4.69, 9.17) is 4.74 Å². The minimum Gasteiger partial charge on any atom is -0.497 e. The van der Waals surface area contributed by atoms with E-state index < -0.39 is 6.04 Å². The van der Waals surface area contributed by atoms with Crippen LogP contribution < -0.4 is 10.1 Å². The average molecular weight is 469 g/mol. The van der Waals surface area contributed by atoms with Crippen molar-refractivity contribution in [2.75, 3.05) is 12.9 Å². The van der Waals surface area contributed by atoms with Gasteiger partial charge in [0.25, 0.3) is 0 Å². The molecule has 0 bridgehead atoms. The maximum atomic E-state index is 13.4. The number of thioether (sulfide) groups is 1. The van der Waals surface area contributed by atoms with Crippen molar-refractivity contribution in [2.24, 2.45) is 0 Å². The normalized spacial score (nSPS) is 14.6. The summed E-state index contributed by atoms with van der Waals surface area (Å²) in [5.74, 6) is 1.88. The minimum atomic E-state index is -0.458. The predicted molar refractivity (Wildman–Crippen MR) is 135 cm³/mol. The smallest absolute Gasteiger partial charge is 0.243 e. The highest BCUT2D eigenvalue weighted by atomic mass is 32.2. The SMILES string of the molecule is CC[C@H](C(=O)NC1CCCC1)N(Cc1cccc(C)c1)C(=O)CSCc1ccc(OC)cc1. The van der Waals surface area contributed by atoms with E-state index >= 15 is 0 Å². The summed E-state index contributed by atoms with van der Waals surface area (Å²) in [5.41, 5.74) is 3.35. The van der Waals surface area contributed by atoms with Crippen LogP contribution in [0.5, 0.6) is 5.75 Å². The molecule has 2 aromatic rings. The van der Waals surface area contributed by atoms with Crippen molar-refractivity contribution in [3.63, 3.8) is 0 Å². The highest BCUT2D eigenvalue weighted by Gasteiger charge is 2.30. The number of amides is 2. The van der Waals surface area contributed by atoms with Gasteiger partial charge in [0.05, 0.1) is 12.9 Å². The van der Waals surface area contributed by atoms with E-state index in [1.165, 1.54) is 0 Å². The van der Waals surface area contributed by atoms with E-state index in [2.05, 4.69) is 11.4 Å². The summed E-state index contributed by atoms with van der Waals surface area (Å²) in [7, 11) is 1.65. The fraction of sp³-hybridized carbons (Fsp3) is 0.481. The lowest BCUT2D eigenvalue weighted by molar-refractivity contribution is -0.139. The van der Waals surface area contributed by atoms with Gasteiger partial charge in [0.2, 0.25) is 11.8 Å². The van der Waals surface area contributed by atoms with Crippen molar-refractivity contribution < 1.29 is 14.3 Å². The summed E-state index contributed by atoms with van der Waals surface area (Å²) in [6, 6.07) is 15.9. The van der Waals surface area contributed by atoms with Gasteiger partial charge in [-0.3, -0.25) is 9.59 Å². The molecule has 0 spiro atoms. The predicted octanol–water partition coefficient (Wildman–Crippen LogP) is 5.10. The maximum absolute atomic E-state index is 13.4. The number of methoxy groups -OCH3 is 1. The molecule has 0 unspecified atom stereocenters. The number of nitrogens with one attached hydrogen (secondary N) is 1. The van der Waals surface area contributed by atoms with Crippen LogP contribution >= 0.6 is 11.8 Å². The first-order valence-corrected chi connectivity index (χ1v) is 13.0. The summed E-state index contributed by atoms with van der Waals surface area (Å²) in [5, 5.41) is 3.20. The average Bonchev–Trinajstić information content (AvgIpc) is 3.32. The Kier molecular flexibility index (Phi) is 9.67. The van der Waals surface area contributed by atoms with Gasteiger partial charge in [-0.1, -0.05) is 61.7 Å². The van der Waals surface area contributed by atoms with Crippen LogP contribution in [0, 0.1) is 6.92 Å². The molecule has 5 nitrogen and oxygen atoms in total. The number of ether oxygens (including phenoxy) is 1. The van der Waals surface area contributed by atoms with Gasteiger partial charge < -0.3 is 15.0 Å². The van der Waals surface area contributed by atoms with Gasteiger partial charge in [0.15, 0.2) is 0 Å². The molecule has 33 heavy (non-hydrogen) atoms. The van der Waals surface area contributed by atoms with Crippen LogP contribution in [0.15, 0.2) is 48.5 Å². The van der Waals surface area contributed by atoms with E-state index in [-0.39, 0.29) is 17.9 Å². The van der Waals surface area contributed by atoms with Crippen LogP contribution in [0.4, 0.5) is 0 Å². The fourth-order valence-corrected chi connectivity index (χ4v) is 5.23. The third-order valence-corrected chi connectivity index (χ3v) is 7.16. The molecule has 2 amide bonds. The number of hydrogen-bond donors (Lipinski definition) is 1. The summed E-state index contributed by atoms with van der Waals surface area (Å²) in [4.78, 5) is 28.3. The number of carbonyl (C=O) groups excluding carboxylic acids is 2. The second-order valence-corrected chi connectivity index (χ2v) is 9.75. The zero-order chi connectivity index (χ0) is 23.6. The number of aryl methyl sites for hydroxylation is 1. The highest BCUT2D eigenvalue weighted by Crippen LogP contribution is 2.21. The molecule has 1 N–H and O–H groups in total. The number of hydrogen-bond acceptors (Lipinski definition) is 4. The van der Waals surface area contributed by atoms with Crippen LogP contribution in [0.2, 0.25) is 0 Å². The standard InChI is InChI=1S/C27H36N2O3S/c1-4-25(27(31)28-23-10-5-6-11-23)29(17-22-9-7-8-20(2)16-22)26(30)19-33-18-21-12-14-24(32-3)15-13-21/h7-9,12-16,23,25H,4-6,10-11,17-19H2,1-3H3,(H,28,31)/t25-/m1/s1. The largest absolute Gasteiger partial charge is 0.497 e. The molecule has 0 saturated heterocycles. The Morgan fingerprint density at radius 2 is 1.85 bits per heavy atom. The quantitative estimate of drug-likeness (QED) is 0.498. The Morgan fingerprint density at radius 3 is 2.48 bits per heavy atom. The van der Waals surface area contributed by atoms with Crippen molar-refractivity contribution in [3.8, 4) is 5.75 Å². The Bertz CT molecular complexity index is 910. The molecule has 0 aromatic heterocycles. The summed E-state index contributed by atoms with van der Waals surface area (Å²) in [6.45, 7) is 4.48. The molecule has 1 aliphatic carbocycles. The summed E-state index contributed by atoms with van der Waals surface area (Å²) >= 11 is 1.58. The zero-order valence-corrected chi connectivity index (χ0v) is 20.8. The molecule has 0 heterocycles. The van der Waals surface area contributed by atoms with Gasteiger partial charge in [-0.05, 0) is 49.4 Å². The third-order valence-electron chi connectivity index (χ3n) is 6.18. The van der Waals surface area contributed by atoms with E-state index in [1.807, 2.05) is 56.3 Å². The van der Waals surface area contributed by atoms with Gasteiger partial charge >= 0.3 is 0 Å². The molecule has 0 radical (unpaired) electrons. The lowest BCUT2D eigenvalue weighted by Crippen LogP contribution is -2.51. The van der Waals surface area contributed by atoms with Gasteiger partial charge in [-0.15, -0.1) is 11.8 Å². The van der Waals surface area contributed by atoms with E-state index in [1.54, 1.807) is 23.8 Å². The van der Waals surface area contributed by atoms with Crippen LogP contribution in [0.3, 0.4) is 0 Å². The number of carbonyl (C=O) groups is 2. The molecular weight excluding hydrogens is 432 g/mol. The van der Waals surface area contributed by atoms with Crippen LogP contribution in [-0.2, 0) is 21.9 Å². The highest BCUT2D eigenvalue weighted by molar-refractivity contribution is 7.99. The molecule has 6 heteroatoms. The van der Waals surface area contributed by atoms with Crippen molar-refractivity contribution in [3.05, 3.63) is 65.2 Å². The maximum Gasteiger partial charge on any atom is 0.243 e. The van der Waals surface area contributed by atoms with E-state index in [0.717, 1.165) is 53.9 Å². The van der Waals surface area contributed by atoms with Crippen LogP contribution in [0.1, 0.15) is 55.7 Å². The van der Waals surface area contributed by atoms with Gasteiger partial charge in [-0.25, -0.2) is 0 Å². The Morgan fingerprint density at radius 1 is 1.12 bits per heavy atom. The number of benzene rings is 2. The molecular formula is C27H36N2O3S. The number of nitrogens with zero attached hydrogens (tertiary/aromatic N) is 1. The van der Waals surface area contributed by atoms with Crippen molar-refractivity contribution in [1.29, 1.82) is 0 Å². The first-order valence-electron chi connectivity index (χ1n) is 11.9.